The molecule has 0 saturated carbocycles. The number of rotatable bonds is 3. The van der Waals surface area contributed by atoms with Gasteiger partial charge in [0.1, 0.15) is 5.82 Å². The lowest BCUT2D eigenvalue weighted by atomic mass is 10.2. The van der Waals surface area contributed by atoms with Crippen molar-refractivity contribution in [3.05, 3.63) is 61.2 Å². The van der Waals surface area contributed by atoms with Crippen LogP contribution in [0.2, 0.25) is 0 Å². The largest absolute Gasteiger partial charge is 0.379 e. The van der Waals surface area contributed by atoms with E-state index in [-0.39, 0.29) is 5.82 Å². The first-order valence-electron chi connectivity index (χ1n) is 5.19. The molecule has 0 aliphatic carbocycles. The molecule has 0 amide bonds. The van der Waals surface area contributed by atoms with Crippen LogP contribution in [0.3, 0.4) is 0 Å². The lowest BCUT2D eigenvalue weighted by molar-refractivity contribution is 0.626. The van der Waals surface area contributed by atoms with Crippen molar-refractivity contribution in [2.24, 2.45) is 0 Å². The van der Waals surface area contributed by atoms with Gasteiger partial charge in [0, 0.05) is 20.0 Å². The lowest BCUT2D eigenvalue weighted by Gasteiger charge is -2.11. The van der Waals surface area contributed by atoms with Crippen LogP contribution in [-0.4, -0.2) is 0 Å². The molecule has 0 radical (unpaired) electrons. The maximum Gasteiger partial charge on any atom is 0.123 e. The molecule has 1 N–H and O–H groups in total. The summed E-state index contributed by atoms with van der Waals surface area (Å²) >= 11 is 10.4. The third-order valence-electron chi connectivity index (χ3n) is 2.37. The van der Waals surface area contributed by atoms with Crippen molar-refractivity contribution in [1.29, 1.82) is 0 Å². The van der Waals surface area contributed by atoms with Crippen LogP contribution in [0.25, 0.3) is 0 Å². The molecule has 0 spiro atoms. The molecule has 2 aromatic rings. The molecule has 0 fully saturated rings. The van der Waals surface area contributed by atoms with Crippen molar-refractivity contribution in [2.45, 2.75) is 6.54 Å². The van der Waals surface area contributed by atoms with Gasteiger partial charge in [0.25, 0.3) is 0 Å². The molecule has 0 saturated heterocycles. The summed E-state index contributed by atoms with van der Waals surface area (Å²) in [5, 5.41) is 3.27. The van der Waals surface area contributed by atoms with Gasteiger partial charge in [-0.3, -0.25) is 0 Å². The van der Waals surface area contributed by atoms with Crippen molar-refractivity contribution in [1.82, 2.24) is 0 Å². The molecule has 0 heterocycles. The number of nitrogens with one attached hydrogen (secondary N) is 1. The van der Waals surface area contributed by atoms with E-state index in [1.807, 2.05) is 18.2 Å². The molecule has 2 rings (SSSR count). The molecule has 0 atom stereocenters. The van der Waals surface area contributed by atoms with Gasteiger partial charge < -0.3 is 5.32 Å². The maximum absolute atomic E-state index is 13.1. The van der Waals surface area contributed by atoms with E-state index >= 15 is 0 Å². The van der Waals surface area contributed by atoms with Gasteiger partial charge in [-0.1, -0.05) is 28.1 Å². The molecule has 0 aromatic heterocycles. The SMILES string of the molecule is Fc1cccc(CNc2c(Br)cc(Br)cc2Br)c1. The summed E-state index contributed by atoms with van der Waals surface area (Å²) < 4.78 is 15.9. The Balaban J connectivity index is 2.16. The van der Waals surface area contributed by atoms with E-state index in [0.29, 0.717) is 6.54 Å². The van der Waals surface area contributed by atoms with Crippen LogP contribution in [-0.2, 0) is 6.54 Å². The summed E-state index contributed by atoms with van der Waals surface area (Å²) in [6, 6.07) is 10.5. The van der Waals surface area contributed by atoms with E-state index < -0.39 is 0 Å². The first-order chi connectivity index (χ1) is 8.56. The molecule has 94 valence electrons. The summed E-state index contributed by atoms with van der Waals surface area (Å²) in [5.41, 5.74) is 1.85. The molecule has 0 unspecified atom stereocenters. The number of hydrogen-bond donors (Lipinski definition) is 1. The van der Waals surface area contributed by atoms with Gasteiger partial charge in [0.2, 0.25) is 0 Å². The summed E-state index contributed by atoms with van der Waals surface area (Å²) in [6.07, 6.45) is 0. The third kappa shape index (κ3) is 3.56. The first kappa shape index (κ1) is 14.0. The summed E-state index contributed by atoms with van der Waals surface area (Å²) in [7, 11) is 0. The summed E-state index contributed by atoms with van der Waals surface area (Å²) in [5.74, 6) is -0.219. The van der Waals surface area contributed by atoms with Crippen molar-refractivity contribution in [2.75, 3.05) is 5.32 Å². The van der Waals surface area contributed by atoms with Gasteiger partial charge in [-0.25, -0.2) is 4.39 Å². The maximum atomic E-state index is 13.1. The second-order valence-corrected chi connectivity index (χ2v) is 6.35. The Kier molecular flexibility index (Phi) is 4.81. The Morgan fingerprint density at radius 3 is 2.28 bits per heavy atom. The zero-order valence-electron chi connectivity index (χ0n) is 9.18. The van der Waals surface area contributed by atoms with E-state index in [0.717, 1.165) is 24.7 Å². The normalized spacial score (nSPS) is 10.4. The highest BCUT2D eigenvalue weighted by Gasteiger charge is 2.06. The fourth-order valence-corrected chi connectivity index (χ4v) is 4.09. The predicted molar refractivity (Wildman–Crippen MR) is 83.3 cm³/mol. The molecular weight excluding hydrogens is 429 g/mol. The topological polar surface area (TPSA) is 12.0 Å². The smallest absolute Gasteiger partial charge is 0.123 e. The molecule has 0 aliphatic rings. The summed E-state index contributed by atoms with van der Waals surface area (Å²) in [4.78, 5) is 0. The molecule has 0 aliphatic heterocycles. The number of hydrogen-bond acceptors (Lipinski definition) is 1. The Labute approximate surface area is 130 Å². The Morgan fingerprint density at radius 1 is 1.00 bits per heavy atom. The standard InChI is InChI=1S/C13H9Br3FN/c14-9-5-11(15)13(12(16)6-9)18-7-8-2-1-3-10(17)4-8/h1-6,18H,7H2. The minimum absolute atomic E-state index is 0.219. The number of benzene rings is 2. The second kappa shape index (κ2) is 6.17. The monoisotopic (exact) mass is 435 g/mol. The molecule has 18 heavy (non-hydrogen) atoms. The molecular formula is C13H9Br3FN. The minimum atomic E-state index is -0.219. The highest BCUT2D eigenvalue weighted by Crippen LogP contribution is 2.34. The fourth-order valence-electron chi connectivity index (χ4n) is 1.55. The van der Waals surface area contributed by atoms with Gasteiger partial charge in [-0.15, -0.1) is 0 Å². The van der Waals surface area contributed by atoms with Gasteiger partial charge in [0.05, 0.1) is 5.69 Å². The van der Waals surface area contributed by atoms with Crippen LogP contribution in [0.5, 0.6) is 0 Å². The average Bonchev–Trinajstić information content (AvgIpc) is 2.27. The predicted octanol–water partition coefficient (Wildman–Crippen LogP) is 5.73. The molecule has 5 heteroatoms. The van der Waals surface area contributed by atoms with E-state index in [9.17, 15) is 4.39 Å². The van der Waals surface area contributed by atoms with Crippen LogP contribution in [0, 0.1) is 5.82 Å². The zero-order chi connectivity index (χ0) is 13.1. The zero-order valence-corrected chi connectivity index (χ0v) is 13.9. The van der Waals surface area contributed by atoms with Crippen LogP contribution in [0.15, 0.2) is 49.8 Å². The van der Waals surface area contributed by atoms with Crippen LogP contribution in [0.1, 0.15) is 5.56 Å². The van der Waals surface area contributed by atoms with Gasteiger partial charge >= 0.3 is 0 Å². The third-order valence-corrected chi connectivity index (χ3v) is 4.07. The van der Waals surface area contributed by atoms with Crippen molar-refractivity contribution < 1.29 is 4.39 Å². The summed E-state index contributed by atoms with van der Waals surface area (Å²) in [6.45, 7) is 0.566. The second-order valence-electron chi connectivity index (χ2n) is 3.73. The van der Waals surface area contributed by atoms with Crippen molar-refractivity contribution in [3.8, 4) is 0 Å². The van der Waals surface area contributed by atoms with Gasteiger partial charge in [-0.05, 0) is 61.7 Å². The van der Waals surface area contributed by atoms with E-state index in [2.05, 4.69) is 53.1 Å². The van der Waals surface area contributed by atoms with Crippen molar-refractivity contribution >= 4 is 53.5 Å². The molecule has 0 bridgehead atoms. The van der Waals surface area contributed by atoms with E-state index in [1.54, 1.807) is 6.07 Å². The average molecular weight is 438 g/mol. The van der Waals surface area contributed by atoms with Crippen LogP contribution < -0.4 is 5.32 Å². The lowest BCUT2D eigenvalue weighted by Crippen LogP contribution is -2.01. The van der Waals surface area contributed by atoms with Crippen LogP contribution >= 0.6 is 47.8 Å². The minimum Gasteiger partial charge on any atom is -0.379 e. The molecule has 1 nitrogen and oxygen atoms in total. The van der Waals surface area contributed by atoms with E-state index in [4.69, 9.17) is 0 Å². The highest BCUT2D eigenvalue weighted by molar-refractivity contribution is 9.11. The molecule has 2 aromatic carbocycles. The Bertz CT molecular complexity index is 549. The number of halogens is 4. The van der Waals surface area contributed by atoms with Crippen LogP contribution in [0.4, 0.5) is 10.1 Å². The quantitative estimate of drug-likeness (QED) is 0.647. The first-order valence-corrected chi connectivity index (χ1v) is 7.57. The fraction of sp³-hybridized carbons (Fsp3) is 0.0769. The van der Waals surface area contributed by atoms with E-state index in [1.165, 1.54) is 12.1 Å². The van der Waals surface area contributed by atoms with Gasteiger partial charge in [0.15, 0.2) is 0 Å². The number of anilines is 1. The Hall–Kier alpha value is -0.390. The highest BCUT2D eigenvalue weighted by atomic mass is 79.9. The van der Waals surface area contributed by atoms with Gasteiger partial charge in [-0.2, -0.15) is 0 Å². The van der Waals surface area contributed by atoms with Crippen molar-refractivity contribution in [3.63, 3.8) is 0 Å². The Morgan fingerprint density at radius 2 is 1.67 bits per heavy atom.